The summed E-state index contributed by atoms with van der Waals surface area (Å²) in [5.74, 6) is 0.0546. The number of nitrogens with one attached hydrogen (secondary N) is 2. The zero-order valence-corrected chi connectivity index (χ0v) is 8.84. The zero-order chi connectivity index (χ0) is 10.2. The fourth-order valence-electron chi connectivity index (χ4n) is 1.50. The molecule has 4 nitrogen and oxygen atoms in total. The van der Waals surface area contributed by atoms with E-state index in [1.807, 2.05) is 0 Å². The maximum Gasteiger partial charge on any atom is 0.249 e. The first-order valence-electron chi connectivity index (χ1n) is 5.44. The van der Waals surface area contributed by atoms with E-state index < -0.39 is 0 Å². The number of hydrogen-bond acceptors (Lipinski definition) is 3. The molecule has 0 aromatic heterocycles. The quantitative estimate of drug-likeness (QED) is 0.606. The third kappa shape index (κ3) is 4.07. The van der Waals surface area contributed by atoms with E-state index in [1.54, 1.807) is 0 Å². The molecule has 0 radical (unpaired) electrons. The summed E-state index contributed by atoms with van der Waals surface area (Å²) in [5, 5.41) is 6.09. The highest BCUT2D eigenvalue weighted by molar-refractivity contribution is 5.80. The van der Waals surface area contributed by atoms with Gasteiger partial charge in [0.2, 0.25) is 5.91 Å². The fourth-order valence-corrected chi connectivity index (χ4v) is 1.50. The van der Waals surface area contributed by atoms with E-state index in [2.05, 4.69) is 17.6 Å². The minimum atomic E-state index is -0.186. The minimum Gasteiger partial charge on any atom is -0.368 e. The Balaban J connectivity index is 1.97. The van der Waals surface area contributed by atoms with Crippen molar-refractivity contribution in [2.24, 2.45) is 0 Å². The van der Waals surface area contributed by atoms with E-state index >= 15 is 0 Å². The van der Waals surface area contributed by atoms with Crippen molar-refractivity contribution >= 4 is 5.91 Å². The van der Waals surface area contributed by atoms with Gasteiger partial charge >= 0.3 is 0 Å². The smallest absolute Gasteiger partial charge is 0.249 e. The summed E-state index contributed by atoms with van der Waals surface area (Å²) in [6, 6.07) is 0. The molecule has 1 saturated heterocycles. The average Bonchev–Trinajstić information content (AvgIpc) is 2.70. The Kier molecular flexibility index (Phi) is 5.56. The van der Waals surface area contributed by atoms with Crippen LogP contribution in [0.5, 0.6) is 0 Å². The Bertz CT molecular complexity index is 168. The van der Waals surface area contributed by atoms with E-state index in [-0.39, 0.29) is 12.0 Å². The Morgan fingerprint density at radius 3 is 3.00 bits per heavy atom. The van der Waals surface area contributed by atoms with E-state index in [1.165, 1.54) is 0 Å². The number of hydrogen-bond donors (Lipinski definition) is 2. The van der Waals surface area contributed by atoms with Gasteiger partial charge in [0.1, 0.15) is 6.10 Å². The molecule has 1 heterocycles. The van der Waals surface area contributed by atoms with Crippen molar-refractivity contribution in [1.29, 1.82) is 0 Å². The number of ether oxygens (including phenoxy) is 1. The first kappa shape index (κ1) is 11.5. The lowest BCUT2D eigenvalue weighted by molar-refractivity contribution is -0.130. The average molecular weight is 200 g/mol. The Labute approximate surface area is 85.4 Å². The van der Waals surface area contributed by atoms with E-state index in [9.17, 15) is 4.79 Å². The lowest BCUT2D eigenvalue weighted by Crippen LogP contribution is -2.35. The zero-order valence-electron chi connectivity index (χ0n) is 8.84. The second-order valence-corrected chi connectivity index (χ2v) is 3.50. The van der Waals surface area contributed by atoms with Gasteiger partial charge in [0.25, 0.3) is 0 Å². The van der Waals surface area contributed by atoms with Gasteiger partial charge in [0.15, 0.2) is 0 Å². The van der Waals surface area contributed by atoms with Crippen molar-refractivity contribution < 1.29 is 9.53 Å². The van der Waals surface area contributed by atoms with Crippen molar-refractivity contribution in [2.45, 2.75) is 32.3 Å². The molecule has 1 amide bonds. The molecule has 1 aliphatic heterocycles. The number of rotatable bonds is 6. The lowest BCUT2D eigenvalue weighted by atomic mass is 10.2. The standard InChI is InChI=1S/C10H20N2O2/c1-2-11-6-4-7-12-10(13)9-5-3-8-14-9/h9,11H,2-8H2,1H3,(H,12,13)/t9-/m1/s1. The topological polar surface area (TPSA) is 50.4 Å². The summed E-state index contributed by atoms with van der Waals surface area (Å²) >= 11 is 0. The van der Waals surface area contributed by atoms with E-state index in [0.29, 0.717) is 0 Å². The van der Waals surface area contributed by atoms with Crippen molar-refractivity contribution in [1.82, 2.24) is 10.6 Å². The molecule has 82 valence electrons. The molecule has 0 aromatic rings. The summed E-state index contributed by atoms with van der Waals surface area (Å²) in [6.45, 7) is 5.49. The van der Waals surface area contributed by atoms with Gasteiger partial charge in [-0.25, -0.2) is 0 Å². The predicted octanol–water partition coefficient (Wildman–Crippen LogP) is 0.281. The highest BCUT2D eigenvalue weighted by Crippen LogP contribution is 2.11. The highest BCUT2D eigenvalue weighted by atomic mass is 16.5. The van der Waals surface area contributed by atoms with Crippen LogP contribution in [0.15, 0.2) is 0 Å². The van der Waals surface area contributed by atoms with Crippen LogP contribution < -0.4 is 10.6 Å². The number of carbonyl (C=O) groups is 1. The lowest BCUT2D eigenvalue weighted by Gasteiger charge is -2.10. The molecule has 0 unspecified atom stereocenters. The first-order chi connectivity index (χ1) is 6.84. The van der Waals surface area contributed by atoms with Crippen molar-refractivity contribution in [2.75, 3.05) is 26.2 Å². The predicted molar refractivity (Wildman–Crippen MR) is 55.1 cm³/mol. The molecule has 0 aromatic carbocycles. The molecule has 0 aliphatic carbocycles. The molecule has 1 fully saturated rings. The summed E-state index contributed by atoms with van der Waals surface area (Å²) in [5.41, 5.74) is 0. The summed E-state index contributed by atoms with van der Waals surface area (Å²) < 4.78 is 5.27. The van der Waals surface area contributed by atoms with Crippen LogP contribution in [0.4, 0.5) is 0 Å². The molecule has 2 N–H and O–H groups in total. The Hall–Kier alpha value is -0.610. The van der Waals surface area contributed by atoms with Gasteiger partial charge in [-0.15, -0.1) is 0 Å². The van der Waals surface area contributed by atoms with Crippen LogP contribution in [-0.4, -0.2) is 38.3 Å². The van der Waals surface area contributed by atoms with Gasteiger partial charge < -0.3 is 15.4 Å². The second-order valence-electron chi connectivity index (χ2n) is 3.50. The van der Waals surface area contributed by atoms with E-state index in [0.717, 1.165) is 45.5 Å². The molecule has 1 atom stereocenters. The normalized spacial score (nSPS) is 21.1. The largest absolute Gasteiger partial charge is 0.368 e. The number of carbonyl (C=O) groups excluding carboxylic acids is 1. The Morgan fingerprint density at radius 2 is 2.36 bits per heavy atom. The molecule has 0 bridgehead atoms. The van der Waals surface area contributed by atoms with Crippen molar-refractivity contribution in [3.05, 3.63) is 0 Å². The van der Waals surface area contributed by atoms with Crippen LogP contribution in [0.1, 0.15) is 26.2 Å². The van der Waals surface area contributed by atoms with Crippen LogP contribution >= 0.6 is 0 Å². The van der Waals surface area contributed by atoms with Gasteiger partial charge in [0.05, 0.1) is 0 Å². The van der Waals surface area contributed by atoms with E-state index in [4.69, 9.17) is 4.74 Å². The number of amides is 1. The molecule has 1 rings (SSSR count). The molecule has 4 heteroatoms. The summed E-state index contributed by atoms with van der Waals surface area (Å²) in [7, 11) is 0. The van der Waals surface area contributed by atoms with Crippen molar-refractivity contribution in [3.8, 4) is 0 Å². The van der Waals surface area contributed by atoms with Gasteiger partial charge in [-0.3, -0.25) is 4.79 Å². The third-order valence-electron chi connectivity index (χ3n) is 2.30. The maximum absolute atomic E-state index is 11.4. The first-order valence-corrected chi connectivity index (χ1v) is 5.44. The van der Waals surface area contributed by atoms with Crippen LogP contribution in [0.2, 0.25) is 0 Å². The molecular weight excluding hydrogens is 180 g/mol. The molecule has 14 heavy (non-hydrogen) atoms. The minimum absolute atomic E-state index is 0.0546. The SMILES string of the molecule is CCNCCCNC(=O)[C@H]1CCCO1. The maximum atomic E-state index is 11.4. The van der Waals surface area contributed by atoms with Crippen LogP contribution in [0, 0.1) is 0 Å². The van der Waals surface area contributed by atoms with Gasteiger partial charge in [-0.1, -0.05) is 6.92 Å². The van der Waals surface area contributed by atoms with Gasteiger partial charge in [-0.05, 0) is 32.4 Å². The molecule has 0 spiro atoms. The summed E-state index contributed by atoms with van der Waals surface area (Å²) in [4.78, 5) is 11.4. The molecular formula is C10H20N2O2. The third-order valence-corrected chi connectivity index (χ3v) is 2.30. The van der Waals surface area contributed by atoms with Crippen LogP contribution in [0.25, 0.3) is 0 Å². The Morgan fingerprint density at radius 1 is 1.50 bits per heavy atom. The van der Waals surface area contributed by atoms with Crippen LogP contribution in [-0.2, 0) is 9.53 Å². The van der Waals surface area contributed by atoms with Crippen molar-refractivity contribution in [3.63, 3.8) is 0 Å². The fraction of sp³-hybridized carbons (Fsp3) is 0.900. The second kappa shape index (κ2) is 6.79. The van der Waals surface area contributed by atoms with Gasteiger partial charge in [-0.2, -0.15) is 0 Å². The highest BCUT2D eigenvalue weighted by Gasteiger charge is 2.22. The molecule has 1 aliphatic rings. The van der Waals surface area contributed by atoms with Crippen LogP contribution in [0.3, 0.4) is 0 Å². The molecule has 0 saturated carbocycles. The monoisotopic (exact) mass is 200 g/mol. The van der Waals surface area contributed by atoms with Gasteiger partial charge in [0, 0.05) is 13.2 Å². The summed E-state index contributed by atoms with van der Waals surface area (Å²) in [6.07, 6.45) is 2.68.